The molecule has 0 radical (unpaired) electrons. The monoisotopic (exact) mass is 1800 g/mol. The Labute approximate surface area is 740 Å². The summed E-state index contributed by atoms with van der Waals surface area (Å²) >= 11 is 1.75. The summed E-state index contributed by atoms with van der Waals surface area (Å²) in [4.78, 5) is 235. The van der Waals surface area contributed by atoms with E-state index in [0.29, 0.717) is 44.2 Å². The van der Waals surface area contributed by atoms with Crippen LogP contribution in [0.3, 0.4) is 0 Å². The lowest BCUT2D eigenvalue weighted by atomic mass is 9.95. The maximum atomic E-state index is 14.9. The molecule has 1 aromatic rings. The molecule has 0 aliphatic carbocycles. The van der Waals surface area contributed by atoms with Crippen molar-refractivity contribution in [2.75, 3.05) is 38.5 Å². The van der Waals surface area contributed by atoms with E-state index in [2.05, 4.69) is 89.4 Å². The summed E-state index contributed by atoms with van der Waals surface area (Å²) in [5.41, 5.74) is 51.1. The van der Waals surface area contributed by atoms with Crippen molar-refractivity contribution < 1.29 is 86.9 Å². The molecule has 15 amide bonds. The average Bonchev–Trinajstić information content (AvgIpc) is 0.859. The molecule has 0 unspecified atom stereocenters. The lowest BCUT2D eigenvalue weighted by Crippen LogP contribution is -2.62. The predicted octanol–water partition coefficient (Wildman–Crippen LogP) is -4.19. The zero-order chi connectivity index (χ0) is 94.3. The van der Waals surface area contributed by atoms with Gasteiger partial charge in [0.15, 0.2) is 17.9 Å². The molecule has 3 rings (SSSR count). The molecule has 1 aromatic carbocycles. The molecule has 17 atom stereocenters. The van der Waals surface area contributed by atoms with Crippen molar-refractivity contribution in [1.29, 1.82) is 0 Å². The maximum absolute atomic E-state index is 14.9. The molecule has 2 aliphatic heterocycles. The fourth-order valence-electron chi connectivity index (χ4n) is 13.9. The second-order valence-corrected chi connectivity index (χ2v) is 33.9. The van der Waals surface area contributed by atoms with Crippen LogP contribution in [-0.4, -0.2) is 251 Å². The lowest BCUT2D eigenvalue weighted by Gasteiger charge is -2.31. The number of urea groups is 1. The quantitative estimate of drug-likeness (QED) is 0.0127. The summed E-state index contributed by atoms with van der Waals surface area (Å²) in [6.45, 7) is 13.7. The largest absolute Gasteiger partial charge is 0.481 e. The number of aliphatic carboxylic acids is 2. The Balaban J connectivity index is 1.97. The predicted molar refractivity (Wildman–Crippen MR) is 474 cm³/mol. The van der Waals surface area contributed by atoms with E-state index in [0.717, 1.165) is 12.2 Å². The first-order valence-electron chi connectivity index (χ1n) is 43.3. The molecule has 0 bridgehead atoms. The Kier molecular flexibility index (Phi) is 50.1. The highest BCUT2D eigenvalue weighted by Crippen LogP contribution is 2.33. The first-order valence-corrected chi connectivity index (χ1v) is 44.3. The third-order valence-corrected chi connectivity index (χ3v) is 22.9. The number of hydrogen-bond donors (Lipinski definition) is 25. The molecule has 2 saturated heterocycles. The smallest absolute Gasteiger partial charge is 0.326 e. The van der Waals surface area contributed by atoms with Crippen LogP contribution in [0.5, 0.6) is 0 Å². The Morgan fingerprint density at radius 2 is 0.825 bits per heavy atom. The topological polar surface area (TPSA) is 753 Å². The van der Waals surface area contributed by atoms with Gasteiger partial charge >= 0.3 is 18.0 Å². The van der Waals surface area contributed by atoms with Gasteiger partial charge in [0, 0.05) is 49.9 Å². The third-order valence-electron chi connectivity index (χ3n) is 21.4. The summed E-state index contributed by atoms with van der Waals surface area (Å²) in [5.74, 6) is -17.2. The van der Waals surface area contributed by atoms with E-state index in [1.54, 1.807) is 97.5 Å². The highest BCUT2D eigenvalue weighted by atomic mass is 32.2. The van der Waals surface area contributed by atoms with Gasteiger partial charge in [0.1, 0.15) is 72.5 Å². The highest BCUT2D eigenvalue weighted by Gasteiger charge is 2.44. The fraction of sp³-hybridized carbons (Fsp3) is 0.691. The number of guanidine groups is 3. The van der Waals surface area contributed by atoms with Crippen molar-refractivity contribution >= 4 is 124 Å². The lowest BCUT2D eigenvalue weighted by molar-refractivity contribution is -0.142. The number of nitrogens with two attached hydrogens (primary N) is 9. The number of carboxylic acids is 2. The minimum absolute atomic E-state index is 0.00439. The van der Waals surface area contributed by atoms with E-state index in [1.165, 1.54) is 0 Å². The number of hydrogen-bond acceptors (Lipinski definition) is 22. The average molecular weight is 1800 g/mol. The van der Waals surface area contributed by atoms with Gasteiger partial charge < -0.3 is 136 Å². The summed E-state index contributed by atoms with van der Waals surface area (Å²) in [5, 5.41) is 57.9. The third kappa shape index (κ3) is 41.2. The Bertz CT molecular complexity index is 3830. The van der Waals surface area contributed by atoms with Crippen molar-refractivity contribution in [2.45, 2.75) is 293 Å². The number of carboxylic acid groups (broad SMARTS) is 2. The number of fused-ring (bicyclic) bond motifs is 1. The molecular weight excluding hydrogens is 1660 g/mol. The van der Waals surface area contributed by atoms with Gasteiger partial charge in [-0.2, -0.15) is 11.8 Å². The van der Waals surface area contributed by atoms with E-state index in [1.807, 2.05) is 0 Å². The van der Waals surface area contributed by atoms with E-state index < -0.39 is 198 Å². The number of carbonyl (C=O) groups is 16. The summed E-state index contributed by atoms with van der Waals surface area (Å²) < 4.78 is 0. The molecule has 0 aromatic heterocycles. The number of nitrogens with one attached hydrogen (secondary N) is 14. The van der Waals surface area contributed by atoms with E-state index in [-0.39, 0.29) is 163 Å². The van der Waals surface area contributed by atoms with Crippen molar-refractivity contribution in [2.24, 2.45) is 90.3 Å². The van der Waals surface area contributed by atoms with Crippen LogP contribution in [-0.2, 0) is 78.3 Å². The van der Waals surface area contributed by atoms with Crippen molar-refractivity contribution in [3.8, 4) is 0 Å². The Hall–Kier alpha value is -11.4. The molecule has 34 N–H and O–H groups in total. The van der Waals surface area contributed by atoms with Gasteiger partial charge in [-0.1, -0.05) is 105 Å². The van der Waals surface area contributed by atoms with Crippen LogP contribution in [0.1, 0.15) is 202 Å². The van der Waals surface area contributed by atoms with Crippen LogP contribution in [0.4, 0.5) is 4.79 Å². The molecular formula is C81H140N26O18S. The maximum Gasteiger partial charge on any atom is 0.326 e. The van der Waals surface area contributed by atoms with Crippen LogP contribution >= 0.6 is 11.8 Å². The van der Waals surface area contributed by atoms with Crippen molar-refractivity contribution in [3.05, 3.63) is 35.9 Å². The Morgan fingerprint density at radius 1 is 0.437 bits per heavy atom. The van der Waals surface area contributed by atoms with E-state index in [9.17, 15) is 86.9 Å². The normalized spacial score (nSPS) is 17.2. The number of rotatable bonds is 63. The van der Waals surface area contributed by atoms with Gasteiger partial charge in [-0.3, -0.25) is 82.1 Å². The zero-order valence-electron chi connectivity index (χ0n) is 73.7. The van der Waals surface area contributed by atoms with Crippen LogP contribution in [0, 0.1) is 23.7 Å². The number of aliphatic imine (C=N–C) groups is 3. The van der Waals surface area contributed by atoms with Crippen molar-refractivity contribution in [1.82, 2.24) is 74.4 Å². The molecule has 45 heteroatoms. The number of primary amides is 1. The van der Waals surface area contributed by atoms with Gasteiger partial charge in [-0.05, 0) is 145 Å². The molecule has 2 fully saturated rings. The van der Waals surface area contributed by atoms with Crippen molar-refractivity contribution in [3.63, 3.8) is 0 Å². The summed E-state index contributed by atoms with van der Waals surface area (Å²) in [7, 11) is 0. The van der Waals surface area contributed by atoms with Crippen LogP contribution in [0.25, 0.3) is 0 Å². The first-order chi connectivity index (χ1) is 59.6. The standard InChI is InChI=1S/C81H140N26O18S/c1-9-45(7)63(75(121)97-49(26-17-19-35-83)67(113)102-56(41-61(110)111)73(119)101-55(40-47-23-12-11-13-24-47)72(118)100-54(39-43(3)4)71(117)99-53(77(123)124)29-22-38-93-80(89)90)105-69(115)51(28-21-37-92-79(87)88)96-68(114)52(32-33-59(84)108)98-74(120)62(44(5)6)104-76(122)64(46(8)10-2)106-70(116)50(27-20-36-91-78(85)86)95-66(112)48(25-16-18-34-82)94-60(109)31-15-14-30-58-65-57(42-126-58)103-81(125)107-65/h11-13,23-24,43-46,48-58,62-65H,9-10,14-22,25-42,82-83H2,1-8H3,(H2,84,108)(H,94,109)(H,95,112)(H,96,114)(H,97,121)(H,98,120)(H,99,117)(H,100,118)(H,101,119)(H,102,113)(H,104,122)(H,105,115)(H,106,116)(H,110,111)(H,123,124)(H4,85,86,91)(H4,87,88,92)(H4,89,90,93)(H2,103,107,125)/t45-,46-,48-,49-,50-,51-,52-,53-,54-,55-,56-,57-,58-,62-,63-,64-,65-/m0/s1. The summed E-state index contributed by atoms with van der Waals surface area (Å²) in [6.07, 6.45) is 1.49. The highest BCUT2D eigenvalue weighted by molar-refractivity contribution is 8.00. The van der Waals surface area contributed by atoms with E-state index in [4.69, 9.17) is 51.6 Å². The number of benzene rings is 1. The second kappa shape index (κ2) is 58.0. The zero-order valence-corrected chi connectivity index (χ0v) is 74.6. The number of carbonyl (C=O) groups excluding carboxylic acids is 14. The summed E-state index contributed by atoms with van der Waals surface area (Å²) in [6, 6.07) is -9.95. The van der Waals surface area contributed by atoms with Crippen LogP contribution < -0.4 is 126 Å². The molecule has 126 heavy (non-hydrogen) atoms. The number of amides is 15. The number of thioether (sulfide) groups is 1. The second-order valence-electron chi connectivity index (χ2n) is 32.6. The first kappa shape index (κ1) is 109. The van der Waals surface area contributed by atoms with Gasteiger partial charge in [-0.15, -0.1) is 0 Å². The van der Waals surface area contributed by atoms with Gasteiger partial charge in [0.25, 0.3) is 0 Å². The SMILES string of the molecule is CC[C@H](C)[C@H](NC(=O)[C@H](CCCN=C(N)N)NC(=O)[C@H](CCC(N)=O)NC(=O)[C@@H](NC(=O)[C@@H](NC(=O)[C@H](CCCN=C(N)N)NC(=O)[C@H](CCCCN)NC(=O)CCCC[C@@H]1SC[C@@H]2NC(=O)N[C@@H]21)[C@@H](C)CC)C(C)C)C(=O)N[C@@H](CCCCN)C(=O)N[C@@H](CC(=O)O)C(=O)N[C@@H](Cc1ccccc1)C(=O)N[C@@H](CC(C)C)C(=O)N[C@@H](CCCN=C(N)N)C(=O)O. The Morgan fingerprint density at radius 3 is 1.28 bits per heavy atom. The van der Waals surface area contributed by atoms with Gasteiger partial charge in [0.05, 0.1) is 18.5 Å². The molecule has 0 spiro atoms. The molecule has 2 aliphatic rings. The molecule has 0 saturated carbocycles. The van der Waals surface area contributed by atoms with Gasteiger partial charge in [0.2, 0.25) is 76.8 Å². The number of nitrogens with zero attached hydrogens (tertiary/aromatic N) is 3. The molecule has 2 heterocycles. The minimum Gasteiger partial charge on any atom is -0.481 e. The van der Waals surface area contributed by atoms with Gasteiger partial charge in [-0.25, -0.2) is 9.59 Å². The minimum atomic E-state index is -1.95. The van der Waals surface area contributed by atoms with Crippen LogP contribution in [0.15, 0.2) is 45.3 Å². The van der Waals surface area contributed by atoms with Crippen LogP contribution in [0.2, 0.25) is 0 Å². The number of unbranched alkanes of at least 4 members (excludes halogenated alkanes) is 3. The fourth-order valence-corrected chi connectivity index (χ4v) is 15.5. The van der Waals surface area contributed by atoms with E-state index >= 15 is 0 Å². The molecule has 44 nitrogen and oxygen atoms in total. The molecule has 708 valence electrons.